The molecule has 0 spiro atoms. The Balaban J connectivity index is 1.23. The van der Waals surface area contributed by atoms with E-state index in [0.29, 0.717) is 56.9 Å². The molecule has 3 aliphatic rings. The van der Waals surface area contributed by atoms with E-state index < -0.39 is 11.7 Å². The van der Waals surface area contributed by atoms with Gasteiger partial charge in [-0.3, -0.25) is 9.69 Å². The van der Waals surface area contributed by atoms with E-state index in [1.54, 1.807) is 17.0 Å². The standard InChI is InChI=1S/C24H28F3N5O3/c1-16(33)22-4-5-32(28-22)23(34)30-8-6-29(7-9-30)11-17-2-3-20(10-21(17)24(25,26)27)31-12-18-14-35-15-19(18)13-31/h2-5,10,18-19H,6-9,11-15H2,1H3. The minimum atomic E-state index is -4.45. The third-order valence-electron chi connectivity index (χ3n) is 7.19. The van der Waals surface area contributed by atoms with Crippen LogP contribution >= 0.6 is 0 Å². The van der Waals surface area contributed by atoms with Crippen molar-refractivity contribution >= 4 is 17.5 Å². The van der Waals surface area contributed by atoms with Crippen LogP contribution in [-0.2, 0) is 17.5 Å². The lowest BCUT2D eigenvalue weighted by atomic mass is 10.0. The van der Waals surface area contributed by atoms with Gasteiger partial charge in [-0.25, -0.2) is 4.79 Å². The van der Waals surface area contributed by atoms with Gasteiger partial charge >= 0.3 is 12.2 Å². The number of ketones is 1. The van der Waals surface area contributed by atoms with Crippen LogP contribution in [0.25, 0.3) is 0 Å². The first-order chi connectivity index (χ1) is 16.7. The summed E-state index contributed by atoms with van der Waals surface area (Å²) in [5.41, 5.74) is 0.456. The second-order valence-corrected chi connectivity index (χ2v) is 9.55. The van der Waals surface area contributed by atoms with Gasteiger partial charge in [-0.15, -0.1) is 0 Å². The Labute approximate surface area is 201 Å². The molecular weight excluding hydrogens is 463 g/mol. The number of piperazine rings is 1. The molecule has 8 nitrogen and oxygen atoms in total. The number of ether oxygens (including phenoxy) is 1. The van der Waals surface area contributed by atoms with Gasteiger partial charge in [0.25, 0.3) is 0 Å². The highest BCUT2D eigenvalue weighted by atomic mass is 19.4. The topological polar surface area (TPSA) is 70.9 Å². The van der Waals surface area contributed by atoms with Gasteiger partial charge in [-0.1, -0.05) is 6.07 Å². The lowest BCUT2D eigenvalue weighted by Crippen LogP contribution is -2.49. The Bertz CT molecular complexity index is 1100. The van der Waals surface area contributed by atoms with E-state index in [1.807, 2.05) is 9.80 Å². The van der Waals surface area contributed by atoms with Crippen molar-refractivity contribution < 1.29 is 27.5 Å². The zero-order chi connectivity index (χ0) is 24.7. The summed E-state index contributed by atoms with van der Waals surface area (Å²) in [6.07, 6.45) is -3.00. The highest BCUT2D eigenvalue weighted by Gasteiger charge is 2.39. The van der Waals surface area contributed by atoms with E-state index in [4.69, 9.17) is 4.74 Å². The zero-order valence-electron chi connectivity index (χ0n) is 19.5. The maximum Gasteiger partial charge on any atom is 0.416 e. The number of nitrogens with zero attached hydrogens (tertiary/aromatic N) is 5. The largest absolute Gasteiger partial charge is 0.416 e. The molecule has 0 N–H and O–H groups in total. The zero-order valence-corrected chi connectivity index (χ0v) is 19.5. The van der Waals surface area contributed by atoms with Gasteiger partial charge in [0.1, 0.15) is 5.69 Å². The number of fused-ring (bicyclic) bond motifs is 1. The van der Waals surface area contributed by atoms with E-state index in [-0.39, 0.29) is 29.6 Å². The third kappa shape index (κ3) is 4.92. The van der Waals surface area contributed by atoms with Crippen LogP contribution in [0.1, 0.15) is 28.5 Å². The molecule has 3 saturated heterocycles. The van der Waals surface area contributed by atoms with Gasteiger partial charge in [0, 0.05) is 76.5 Å². The molecule has 1 aromatic heterocycles. The molecule has 5 rings (SSSR count). The smallest absolute Gasteiger partial charge is 0.381 e. The van der Waals surface area contributed by atoms with Crippen LogP contribution in [0, 0.1) is 11.8 Å². The molecule has 4 heterocycles. The minimum absolute atomic E-state index is 0.159. The van der Waals surface area contributed by atoms with Crippen LogP contribution in [-0.4, -0.2) is 83.9 Å². The number of anilines is 1. The molecule has 0 bridgehead atoms. The van der Waals surface area contributed by atoms with Crippen molar-refractivity contribution in [3.05, 3.63) is 47.3 Å². The van der Waals surface area contributed by atoms with Gasteiger partial charge in [0.15, 0.2) is 5.78 Å². The first-order valence-electron chi connectivity index (χ1n) is 11.8. The SMILES string of the molecule is CC(=O)c1ccn(C(=O)N2CCN(Cc3ccc(N4CC5COCC5C4)cc3C(F)(F)F)CC2)n1. The summed E-state index contributed by atoms with van der Waals surface area (Å²) < 4.78 is 48.5. The fraction of sp³-hybridized carbons (Fsp3) is 0.542. The predicted molar refractivity (Wildman–Crippen MR) is 121 cm³/mol. The number of benzene rings is 1. The number of carbonyl (C=O) groups is 2. The summed E-state index contributed by atoms with van der Waals surface area (Å²) in [5.74, 6) is 0.548. The van der Waals surface area contributed by atoms with Crippen molar-refractivity contribution in [2.45, 2.75) is 19.6 Å². The molecular formula is C24H28F3N5O3. The first kappa shape index (κ1) is 23.8. The van der Waals surface area contributed by atoms with Crippen molar-refractivity contribution in [1.82, 2.24) is 19.6 Å². The monoisotopic (exact) mass is 491 g/mol. The molecule has 3 aliphatic heterocycles. The number of carbonyl (C=O) groups excluding carboxylic acids is 2. The van der Waals surface area contributed by atoms with Gasteiger partial charge < -0.3 is 14.5 Å². The third-order valence-corrected chi connectivity index (χ3v) is 7.19. The normalized spacial score (nSPS) is 23.1. The molecule has 188 valence electrons. The Morgan fingerprint density at radius 2 is 1.74 bits per heavy atom. The molecule has 11 heteroatoms. The van der Waals surface area contributed by atoms with E-state index in [2.05, 4.69) is 5.10 Å². The van der Waals surface area contributed by atoms with Crippen molar-refractivity contribution in [3.8, 4) is 0 Å². The molecule has 2 aromatic rings. The summed E-state index contributed by atoms with van der Waals surface area (Å²) in [7, 11) is 0. The number of hydrogen-bond acceptors (Lipinski definition) is 6. The van der Waals surface area contributed by atoms with Crippen molar-refractivity contribution in [2.24, 2.45) is 11.8 Å². The van der Waals surface area contributed by atoms with E-state index in [1.165, 1.54) is 25.3 Å². The Morgan fingerprint density at radius 3 is 2.34 bits per heavy atom. The van der Waals surface area contributed by atoms with Gasteiger partial charge in [-0.05, 0) is 23.8 Å². The summed E-state index contributed by atoms with van der Waals surface area (Å²) in [5, 5.41) is 4.00. The maximum atomic E-state index is 14.0. The first-order valence-corrected chi connectivity index (χ1v) is 11.8. The molecule has 35 heavy (non-hydrogen) atoms. The van der Waals surface area contributed by atoms with Crippen LogP contribution < -0.4 is 4.90 Å². The van der Waals surface area contributed by atoms with Gasteiger partial charge in [-0.2, -0.15) is 23.0 Å². The van der Waals surface area contributed by atoms with Crippen LogP contribution in [0.15, 0.2) is 30.5 Å². The van der Waals surface area contributed by atoms with Crippen molar-refractivity contribution in [1.29, 1.82) is 0 Å². The number of halogens is 3. The number of Topliss-reactive ketones (excluding diaryl/α,β-unsaturated/α-hetero) is 1. The average molecular weight is 492 g/mol. The fourth-order valence-corrected chi connectivity index (χ4v) is 5.16. The van der Waals surface area contributed by atoms with Crippen LogP contribution in [0.2, 0.25) is 0 Å². The van der Waals surface area contributed by atoms with E-state index >= 15 is 0 Å². The molecule has 0 radical (unpaired) electrons. The molecule has 0 aliphatic carbocycles. The molecule has 3 fully saturated rings. The van der Waals surface area contributed by atoms with Crippen molar-refractivity contribution in [3.63, 3.8) is 0 Å². The van der Waals surface area contributed by atoms with Crippen LogP contribution in [0.3, 0.4) is 0 Å². The Morgan fingerprint density at radius 1 is 1.06 bits per heavy atom. The molecule has 2 unspecified atom stereocenters. The lowest BCUT2D eigenvalue weighted by Gasteiger charge is -2.35. The second kappa shape index (κ2) is 9.27. The number of aromatic nitrogens is 2. The minimum Gasteiger partial charge on any atom is -0.381 e. The fourth-order valence-electron chi connectivity index (χ4n) is 5.16. The highest BCUT2D eigenvalue weighted by molar-refractivity contribution is 5.92. The number of rotatable bonds is 4. The Kier molecular flexibility index (Phi) is 6.30. The molecule has 1 amide bonds. The number of amides is 1. The van der Waals surface area contributed by atoms with E-state index in [0.717, 1.165) is 17.8 Å². The van der Waals surface area contributed by atoms with Crippen molar-refractivity contribution in [2.75, 3.05) is 57.4 Å². The number of hydrogen-bond donors (Lipinski definition) is 0. The summed E-state index contributed by atoms with van der Waals surface area (Å²) in [6, 6.07) is 5.80. The van der Waals surface area contributed by atoms with Crippen LogP contribution in [0.4, 0.5) is 23.7 Å². The maximum absolute atomic E-state index is 14.0. The quantitative estimate of drug-likeness (QED) is 0.613. The lowest BCUT2D eigenvalue weighted by molar-refractivity contribution is -0.138. The Hall–Kier alpha value is -2.92. The van der Waals surface area contributed by atoms with E-state index in [9.17, 15) is 22.8 Å². The number of alkyl halides is 3. The van der Waals surface area contributed by atoms with Gasteiger partial charge in [0.2, 0.25) is 0 Å². The summed E-state index contributed by atoms with van der Waals surface area (Å²) >= 11 is 0. The second-order valence-electron chi connectivity index (χ2n) is 9.55. The highest BCUT2D eigenvalue weighted by Crippen LogP contribution is 2.38. The predicted octanol–water partition coefficient (Wildman–Crippen LogP) is 2.97. The average Bonchev–Trinajstić information content (AvgIpc) is 3.55. The van der Waals surface area contributed by atoms with Gasteiger partial charge in [0.05, 0.1) is 18.8 Å². The summed E-state index contributed by atoms with van der Waals surface area (Å²) in [6.45, 7) is 5.97. The molecule has 2 atom stereocenters. The summed E-state index contributed by atoms with van der Waals surface area (Å²) in [4.78, 5) is 29.6. The molecule has 1 aromatic carbocycles. The molecule has 0 saturated carbocycles. The van der Waals surface area contributed by atoms with Crippen LogP contribution in [0.5, 0.6) is 0 Å².